The van der Waals surface area contributed by atoms with E-state index in [0.29, 0.717) is 22.3 Å². The molecule has 8 nitrogen and oxygen atoms in total. The van der Waals surface area contributed by atoms with Crippen LogP contribution in [-0.4, -0.2) is 46.1 Å². The van der Waals surface area contributed by atoms with Crippen LogP contribution in [0.5, 0.6) is 5.75 Å². The lowest BCUT2D eigenvalue weighted by Gasteiger charge is -2.09. The van der Waals surface area contributed by atoms with E-state index in [1.807, 2.05) is 49.6 Å². The zero-order valence-electron chi connectivity index (χ0n) is 18.7. The van der Waals surface area contributed by atoms with Gasteiger partial charge < -0.3 is 19.4 Å². The summed E-state index contributed by atoms with van der Waals surface area (Å²) in [4.78, 5) is 25.9. The van der Waals surface area contributed by atoms with E-state index in [4.69, 9.17) is 9.47 Å². The highest BCUT2D eigenvalue weighted by atomic mass is 32.2. The number of nitrogens with one attached hydrogen (secondary N) is 1. The normalized spacial score (nSPS) is 10.8. The molecule has 0 unspecified atom stereocenters. The quantitative estimate of drug-likeness (QED) is 0.359. The van der Waals surface area contributed by atoms with E-state index >= 15 is 0 Å². The van der Waals surface area contributed by atoms with Gasteiger partial charge in [0.15, 0.2) is 11.0 Å². The Balaban J connectivity index is 1.71. The van der Waals surface area contributed by atoms with Crippen LogP contribution in [0, 0.1) is 13.8 Å². The fraction of sp³-hybridized carbons (Fsp3) is 0.364. The van der Waals surface area contributed by atoms with Crippen LogP contribution in [0.3, 0.4) is 0 Å². The zero-order valence-corrected chi connectivity index (χ0v) is 20.4. The topological polar surface area (TPSA) is 95.3 Å². The summed E-state index contributed by atoms with van der Waals surface area (Å²) in [7, 11) is 1.62. The van der Waals surface area contributed by atoms with Crippen LogP contribution in [0.25, 0.3) is 11.4 Å². The minimum Gasteiger partial charge on any atom is -0.497 e. The molecule has 3 rings (SSSR count). The fourth-order valence-electron chi connectivity index (χ4n) is 3.09. The number of rotatable bonds is 9. The highest BCUT2D eigenvalue weighted by molar-refractivity contribution is 7.99. The van der Waals surface area contributed by atoms with Crippen LogP contribution in [0.15, 0.2) is 29.4 Å². The first-order valence-electron chi connectivity index (χ1n) is 10.2. The van der Waals surface area contributed by atoms with E-state index in [0.717, 1.165) is 27.6 Å². The number of hydrogen-bond acceptors (Lipinski definition) is 8. The lowest BCUT2D eigenvalue weighted by atomic mass is 10.1. The molecule has 0 radical (unpaired) electrons. The molecule has 2 aromatic heterocycles. The summed E-state index contributed by atoms with van der Waals surface area (Å²) in [5.74, 6) is 0.987. The van der Waals surface area contributed by atoms with Crippen molar-refractivity contribution in [3.05, 3.63) is 40.3 Å². The summed E-state index contributed by atoms with van der Waals surface area (Å²) in [6.45, 7) is 8.47. The van der Waals surface area contributed by atoms with E-state index in [9.17, 15) is 9.59 Å². The van der Waals surface area contributed by atoms with E-state index < -0.39 is 5.97 Å². The SMILES string of the molecule is CCOC(=O)c1c(NC(=O)CSc2nnc(-c3ccc(OC)cc3)n2CC)sc(C)c1C. The number of amides is 1. The standard InChI is InChI=1S/C22H26N4O4S2/c1-6-26-19(15-8-10-16(29-5)11-9-15)24-25-22(26)31-12-17(27)23-20-18(21(28)30-7-2)13(3)14(4)32-20/h8-11H,6-7,12H2,1-5H3,(H,23,27). The summed E-state index contributed by atoms with van der Waals surface area (Å²) in [5, 5.41) is 12.6. The lowest BCUT2D eigenvalue weighted by molar-refractivity contribution is -0.113. The van der Waals surface area contributed by atoms with Crippen molar-refractivity contribution in [1.29, 1.82) is 0 Å². The third-order valence-electron chi connectivity index (χ3n) is 4.83. The number of benzene rings is 1. The molecule has 32 heavy (non-hydrogen) atoms. The number of aryl methyl sites for hydroxylation is 1. The van der Waals surface area contributed by atoms with Gasteiger partial charge in [0.25, 0.3) is 0 Å². The first-order valence-corrected chi connectivity index (χ1v) is 12.0. The lowest BCUT2D eigenvalue weighted by Crippen LogP contribution is -2.17. The summed E-state index contributed by atoms with van der Waals surface area (Å²) >= 11 is 2.67. The Morgan fingerprint density at radius 3 is 2.50 bits per heavy atom. The molecule has 0 saturated heterocycles. The van der Waals surface area contributed by atoms with Gasteiger partial charge in [-0.05, 0) is 57.5 Å². The minimum absolute atomic E-state index is 0.138. The van der Waals surface area contributed by atoms with Gasteiger partial charge in [-0.3, -0.25) is 4.79 Å². The molecule has 0 fully saturated rings. The minimum atomic E-state index is -0.424. The van der Waals surface area contributed by atoms with Gasteiger partial charge >= 0.3 is 5.97 Å². The summed E-state index contributed by atoms with van der Waals surface area (Å²) in [5.41, 5.74) is 2.16. The molecule has 0 bridgehead atoms. The van der Waals surface area contributed by atoms with Crippen molar-refractivity contribution in [2.24, 2.45) is 0 Å². The maximum Gasteiger partial charge on any atom is 0.341 e. The fourth-order valence-corrected chi connectivity index (χ4v) is 4.96. The number of hydrogen-bond donors (Lipinski definition) is 1. The van der Waals surface area contributed by atoms with Gasteiger partial charge in [-0.1, -0.05) is 11.8 Å². The maximum atomic E-state index is 12.6. The molecular formula is C22H26N4O4S2. The number of nitrogens with zero attached hydrogens (tertiary/aromatic N) is 3. The van der Waals surface area contributed by atoms with Crippen LogP contribution in [0.2, 0.25) is 0 Å². The second kappa shape index (κ2) is 10.6. The molecule has 170 valence electrons. The predicted molar refractivity (Wildman–Crippen MR) is 127 cm³/mol. The van der Waals surface area contributed by atoms with Crippen molar-refractivity contribution in [2.45, 2.75) is 39.4 Å². The van der Waals surface area contributed by atoms with Gasteiger partial charge in [0.1, 0.15) is 10.8 Å². The van der Waals surface area contributed by atoms with Gasteiger partial charge in [-0.2, -0.15) is 0 Å². The van der Waals surface area contributed by atoms with Crippen molar-refractivity contribution >= 4 is 40.0 Å². The molecule has 0 atom stereocenters. The first kappa shape index (κ1) is 23.8. The average molecular weight is 475 g/mol. The van der Waals surface area contributed by atoms with Crippen molar-refractivity contribution in [3.8, 4) is 17.1 Å². The number of esters is 1. The summed E-state index contributed by atoms with van der Waals surface area (Å²) in [6.07, 6.45) is 0. The largest absolute Gasteiger partial charge is 0.497 e. The van der Waals surface area contributed by atoms with Crippen LogP contribution in [-0.2, 0) is 16.1 Å². The molecule has 1 N–H and O–H groups in total. The van der Waals surface area contributed by atoms with Crippen molar-refractivity contribution in [3.63, 3.8) is 0 Å². The van der Waals surface area contributed by atoms with Crippen LogP contribution in [0.1, 0.15) is 34.6 Å². The van der Waals surface area contributed by atoms with Gasteiger partial charge in [-0.15, -0.1) is 21.5 Å². The molecular weight excluding hydrogens is 448 g/mol. The molecule has 0 saturated carbocycles. The first-order chi connectivity index (χ1) is 15.4. The second-order valence-electron chi connectivity index (χ2n) is 6.82. The maximum absolute atomic E-state index is 12.6. The van der Waals surface area contributed by atoms with Crippen molar-refractivity contribution in [1.82, 2.24) is 14.8 Å². The van der Waals surface area contributed by atoms with E-state index in [2.05, 4.69) is 15.5 Å². The molecule has 1 aromatic carbocycles. The Morgan fingerprint density at radius 1 is 1.16 bits per heavy atom. The molecule has 1 amide bonds. The van der Waals surface area contributed by atoms with Crippen molar-refractivity contribution < 1.29 is 19.1 Å². The van der Waals surface area contributed by atoms with Gasteiger partial charge in [0.2, 0.25) is 5.91 Å². The molecule has 0 aliphatic rings. The molecule has 0 aliphatic heterocycles. The zero-order chi connectivity index (χ0) is 23.3. The number of carbonyl (C=O) groups is 2. The molecule has 3 aromatic rings. The molecule has 0 aliphatic carbocycles. The van der Waals surface area contributed by atoms with E-state index in [1.165, 1.54) is 23.1 Å². The van der Waals surface area contributed by atoms with Crippen LogP contribution >= 0.6 is 23.1 Å². The predicted octanol–water partition coefficient (Wildman–Crippen LogP) is 4.56. The van der Waals surface area contributed by atoms with Crippen LogP contribution in [0.4, 0.5) is 5.00 Å². The Morgan fingerprint density at radius 2 is 1.88 bits per heavy atom. The monoisotopic (exact) mass is 474 g/mol. The van der Waals surface area contributed by atoms with Crippen LogP contribution < -0.4 is 10.1 Å². The average Bonchev–Trinajstić information content (AvgIpc) is 3.32. The third kappa shape index (κ3) is 5.13. The van der Waals surface area contributed by atoms with Crippen molar-refractivity contribution in [2.75, 3.05) is 24.8 Å². The summed E-state index contributed by atoms with van der Waals surface area (Å²) in [6, 6.07) is 7.59. The number of methoxy groups -OCH3 is 1. The molecule has 2 heterocycles. The number of aromatic nitrogens is 3. The Labute approximate surface area is 195 Å². The number of carbonyl (C=O) groups excluding carboxylic acids is 2. The second-order valence-corrected chi connectivity index (χ2v) is 8.99. The molecule has 10 heteroatoms. The van der Waals surface area contributed by atoms with Gasteiger partial charge in [0, 0.05) is 17.0 Å². The molecule has 0 spiro atoms. The Kier molecular flexibility index (Phi) is 7.92. The van der Waals surface area contributed by atoms with Gasteiger partial charge in [0.05, 0.1) is 25.0 Å². The Hall–Kier alpha value is -2.85. The van der Waals surface area contributed by atoms with E-state index in [1.54, 1.807) is 14.0 Å². The number of ether oxygens (including phenoxy) is 2. The Bertz CT molecular complexity index is 1110. The highest BCUT2D eigenvalue weighted by Gasteiger charge is 2.22. The smallest absolute Gasteiger partial charge is 0.341 e. The van der Waals surface area contributed by atoms with Gasteiger partial charge in [-0.25, -0.2) is 4.79 Å². The summed E-state index contributed by atoms with van der Waals surface area (Å²) < 4.78 is 12.3. The number of anilines is 1. The number of thiophene rings is 1. The van der Waals surface area contributed by atoms with E-state index in [-0.39, 0.29) is 18.3 Å². The highest BCUT2D eigenvalue weighted by Crippen LogP contribution is 2.33. The third-order valence-corrected chi connectivity index (χ3v) is 6.92. The number of thioether (sulfide) groups is 1.